The molecule has 1 saturated carbocycles. The van der Waals surface area contributed by atoms with Gasteiger partial charge < -0.3 is 10.1 Å². The molecule has 1 aromatic rings. The van der Waals surface area contributed by atoms with Crippen LogP contribution in [0.15, 0.2) is 17.5 Å². The fourth-order valence-corrected chi connectivity index (χ4v) is 3.26. The van der Waals surface area contributed by atoms with Crippen molar-refractivity contribution in [3.8, 4) is 0 Å². The lowest BCUT2D eigenvalue weighted by Crippen LogP contribution is -2.30. The Balaban J connectivity index is 1.88. The van der Waals surface area contributed by atoms with Gasteiger partial charge in [0.05, 0.1) is 6.61 Å². The monoisotopic (exact) mass is 225 g/mol. The van der Waals surface area contributed by atoms with E-state index in [-0.39, 0.29) is 0 Å². The lowest BCUT2D eigenvalue weighted by Gasteiger charge is -2.15. The van der Waals surface area contributed by atoms with Crippen LogP contribution in [0.25, 0.3) is 0 Å². The smallest absolute Gasteiger partial charge is 0.0587 e. The van der Waals surface area contributed by atoms with Crippen LogP contribution >= 0.6 is 11.3 Å². The maximum atomic E-state index is 5.03. The molecule has 15 heavy (non-hydrogen) atoms. The maximum absolute atomic E-state index is 5.03. The first-order chi connectivity index (χ1) is 7.29. The summed E-state index contributed by atoms with van der Waals surface area (Å²) in [6.07, 6.45) is 1.33. The van der Waals surface area contributed by atoms with Crippen molar-refractivity contribution in [2.45, 2.75) is 18.8 Å². The van der Waals surface area contributed by atoms with E-state index < -0.39 is 0 Å². The first kappa shape index (κ1) is 11.1. The zero-order valence-corrected chi connectivity index (χ0v) is 10.3. The number of methoxy groups -OCH3 is 1. The highest BCUT2D eigenvalue weighted by Crippen LogP contribution is 2.54. The number of ether oxygens (including phenoxy) is 1. The summed E-state index contributed by atoms with van der Waals surface area (Å²) < 4.78 is 5.03. The fraction of sp³-hybridized carbons (Fsp3) is 0.667. The zero-order valence-electron chi connectivity index (χ0n) is 9.45. The summed E-state index contributed by atoms with van der Waals surface area (Å²) in [5, 5.41) is 5.67. The summed E-state index contributed by atoms with van der Waals surface area (Å²) in [6, 6.07) is 4.42. The number of thiophene rings is 1. The van der Waals surface area contributed by atoms with Gasteiger partial charge in [0, 0.05) is 30.5 Å². The van der Waals surface area contributed by atoms with Gasteiger partial charge >= 0.3 is 0 Å². The topological polar surface area (TPSA) is 21.3 Å². The van der Waals surface area contributed by atoms with Crippen LogP contribution in [-0.2, 0) is 10.2 Å². The highest BCUT2D eigenvalue weighted by Gasteiger charge is 2.52. The Morgan fingerprint density at radius 3 is 3.00 bits per heavy atom. The first-order valence-electron chi connectivity index (χ1n) is 5.53. The average molecular weight is 225 g/mol. The van der Waals surface area contributed by atoms with E-state index >= 15 is 0 Å². The van der Waals surface area contributed by atoms with Gasteiger partial charge in [-0.1, -0.05) is 13.0 Å². The number of hydrogen-bond acceptors (Lipinski definition) is 3. The van der Waals surface area contributed by atoms with Crippen molar-refractivity contribution in [3.63, 3.8) is 0 Å². The Kier molecular flexibility index (Phi) is 3.44. The van der Waals surface area contributed by atoms with Gasteiger partial charge in [-0.15, -0.1) is 11.3 Å². The van der Waals surface area contributed by atoms with Crippen molar-refractivity contribution in [1.82, 2.24) is 5.32 Å². The molecule has 0 aromatic carbocycles. The molecule has 2 unspecified atom stereocenters. The highest BCUT2D eigenvalue weighted by atomic mass is 32.1. The van der Waals surface area contributed by atoms with Crippen LogP contribution in [0.1, 0.15) is 18.2 Å². The molecule has 0 aliphatic heterocycles. The van der Waals surface area contributed by atoms with E-state index in [1.165, 1.54) is 6.42 Å². The molecule has 2 nitrogen and oxygen atoms in total. The van der Waals surface area contributed by atoms with E-state index in [1.807, 2.05) is 11.3 Å². The van der Waals surface area contributed by atoms with Crippen LogP contribution in [0.3, 0.4) is 0 Å². The SMILES string of the molecule is COCCNCC1(c2cccs2)CC1C. The Labute approximate surface area is 95.6 Å². The predicted octanol–water partition coefficient (Wildman–Crippen LogP) is 2.26. The average Bonchev–Trinajstić information content (AvgIpc) is 2.72. The van der Waals surface area contributed by atoms with Crippen molar-refractivity contribution < 1.29 is 4.74 Å². The van der Waals surface area contributed by atoms with E-state index in [9.17, 15) is 0 Å². The van der Waals surface area contributed by atoms with E-state index in [4.69, 9.17) is 4.74 Å². The number of hydrogen-bond donors (Lipinski definition) is 1. The molecule has 0 amide bonds. The molecule has 0 bridgehead atoms. The molecule has 2 rings (SSSR count). The molecule has 1 fully saturated rings. The summed E-state index contributed by atoms with van der Waals surface area (Å²) in [5.74, 6) is 0.825. The molecule has 1 heterocycles. The van der Waals surface area contributed by atoms with E-state index in [0.29, 0.717) is 5.41 Å². The van der Waals surface area contributed by atoms with Gasteiger partial charge in [0.15, 0.2) is 0 Å². The third-order valence-electron chi connectivity index (χ3n) is 3.39. The first-order valence-corrected chi connectivity index (χ1v) is 6.41. The van der Waals surface area contributed by atoms with E-state index in [1.54, 1.807) is 12.0 Å². The van der Waals surface area contributed by atoms with Crippen LogP contribution in [0.5, 0.6) is 0 Å². The van der Waals surface area contributed by atoms with Crippen molar-refractivity contribution in [2.24, 2.45) is 5.92 Å². The predicted molar refractivity (Wildman–Crippen MR) is 64.5 cm³/mol. The van der Waals surface area contributed by atoms with Crippen molar-refractivity contribution in [1.29, 1.82) is 0 Å². The standard InChI is InChI=1S/C12H19NOS/c1-10-8-12(10,9-13-5-6-14-2)11-4-3-7-15-11/h3-4,7,10,13H,5-6,8-9H2,1-2H3. The van der Waals surface area contributed by atoms with Crippen molar-refractivity contribution in [2.75, 3.05) is 26.8 Å². The fourth-order valence-electron chi connectivity index (χ4n) is 2.21. The minimum Gasteiger partial charge on any atom is -0.383 e. The van der Waals surface area contributed by atoms with Crippen LogP contribution in [0.2, 0.25) is 0 Å². The molecule has 1 aliphatic carbocycles. The third-order valence-corrected chi connectivity index (χ3v) is 4.48. The van der Waals surface area contributed by atoms with Gasteiger partial charge in [0.1, 0.15) is 0 Å². The molecule has 84 valence electrons. The van der Waals surface area contributed by atoms with Gasteiger partial charge in [0.25, 0.3) is 0 Å². The van der Waals surface area contributed by atoms with Gasteiger partial charge in [0.2, 0.25) is 0 Å². The molecule has 0 spiro atoms. The molecule has 1 aromatic heterocycles. The molecular weight excluding hydrogens is 206 g/mol. The minimum atomic E-state index is 0.432. The molecule has 3 heteroatoms. The van der Waals surface area contributed by atoms with E-state index in [0.717, 1.165) is 25.6 Å². The Morgan fingerprint density at radius 2 is 2.47 bits per heavy atom. The Bertz CT molecular complexity index is 299. The normalized spacial score (nSPS) is 29.3. The van der Waals surface area contributed by atoms with Crippen molar-refractivity contribution >= 4 is 11.3 Å². The van der Waals surface area contributed by atoms with Crippen LogP contribution in [-0.4, -0.2) is 26.8 Å². The van der Waals surface area contributed by atoms with Crippen LogP contribution < -0.4 is 5.32 Å². The summed E-state index contributed by atoms with van der Waals surface area (Å²) in [7, 11) is 1.75. The summed E-state index contributed by atoms with van der Waals surface area (Å²) in [4.78, 5) is 1.54. The van der Waals surface area contributed by atoms with Gasteiger partial charge in [-0.2, -0.15) is 0 Å². The summed E-state index contributed by atoms with van der Waals surface area (Å²) >= 11 is 1.89. The molecule has 0 saturated heterocycles. The minimum absolute atomic E-state index is 0.432. The molecule has 2 atom stereocenters. The number of nitrogens with one attached hydrogen (secondary N) is 1. The lowest BCUT2D eigenvalue weighted by molar-refractivity contribution is 0.198. The number of rotatable bonds is 6. The van der Waals surface area contributed by atoms with Gasteiger partial charge in [-0.3, -0.25) is 0 Å². The zero-order chi connectivity index (χ0) is 10.7. The van der Waals surface area contributed by atoms with Crippen molar-refractivity contribution in [3.05, 3.63) is 22.4 Å². The lowest BCUT2D eigenvalue weighted by atomic mass is 10.0. The molecular formula is C12H19NOS. The van der Waals surface area contributed by atoms with E-state index in [2.05, 4.69) is 29.8 Å². The quantitative estimate of drug-likeness (QED) is 0.750. The molecule has 1 N–H and O–H groups in total. The van der Waals surface area contributed by atoms with Gasteiger partial charge in [-0.25, -0.2) is 0 Å². The summed E-state index contributed by atoms with van der Waals surface area (Å²) in [5.41, 5.74) is 0.432. The Hall–Kier alpha value is -0.380. The molecule has 1 aliphatic rings. The Morgan fingerprint density at radius 1 is 1.67 bits per heavy atom. The largest absolute Gasteiger partial charge is 0.383 e. The second kappa shape index (κ2) is 4.64. The third kappa shape index (κ3) is 2.25. The second-order valence-electron chi connectivity index (χ2n) is 4.41. The molecule has 0 radical (unpaired) electrons. The van der Waals surface area contributed by atoms with Crippen LogP contribution in [0, 0.1) is 5.92 Å². The highest BCUT2D eigenvalue weighted by molar-refractivity contribution is 7.10. The van der Waals surface area contributed by atoms with Crippen LogP contribution in [0.4, 0.5) is 0 Å². The second-order valence-corrected chi connectivity index (χ2v) is 5.36. The maximum Gasteiger partial charge on any atom is 0.0587 e. The summed E-state index contributed by atoms with van der Waals surface area (Å²) in [6.45, 7) is 5.20. The van der Waals surface area contributed by atoms with Gasteiger partial charge in [-0.05, 0) is 23.8 Å².